The van der Waals surface area contributed by atoms with Gasteiger partial charge in [0.25, 0.3) is 0 Å². The number of halogens is 1. The van der Waals surface area contributed by atoms with Crippen LogP contribution >= 0.6 is 15.9 Å². The van der Waals surface area contributed by atoms with Crippen LogP contribution in [-0.2, 0) is 6.54 Å². The standard InChI is InChI=1S/C12H14BrN3/c1-8-12(13)9(2)16(15-8)7-10-3-5-11(14)6-4-10/h3-6H,7,14H2,1-2H3. The van der Waals surface area contributed by atoms with E-state index in [4.69, 9.17) is 5.73 Å². The molecule has 0 saturated heterocycles. The summed E-state index contributed by atoms with van der Waals surface area (Å²) in [6.07, 6.45) is 0. The number of rotatable bonds is 2. The van der Waals surface area contributed by atoms with E-state index >= 15 is 0 Å². The zero-order valence-corrected chi connectivity index (χ0v) is 11.0. The molecule has 84 valence electrons. The molecule has 16 heavy (non-hydrogen) atoms. The molecule has 0 unspecified atom stereocenters. The second-order valence-corrected chi connectivity index (χ2v) is 4.68. The Morgan fingerprint density at radius 3 is 2.38 bits per heavy atom. The SMILES string of the molecule is Cc1nn(Cc2ccc(N)cc2)c(C)c1Br. The Morgan fingerprint density at radius 1 is 1.25 bits per heavy atom. The van der Waals surface area contributed by atoms with E-state index in [1.54, 1.807) is 0 Å². The summed E-state index contributed by atoms with van der Waals surface area (Å²) in [7, 11) is 0. The first kappa shape index (κ1) is 11.2. The number of benzene rings is 1. The average molecular weight is 280 g/mol. The second kappa shape index (κ2) is 4.29. The molecule has 0 saturated carbocycles. The Balaban J connectivity index is 2.27. The Labute approximate surface area is 103 Å². The highest BCUT2D eigenvalue weighted by atomic mass is 79.9. The number of nitrogens with two attached hydrogens (primary N) is 1. The van der Waals surface area contributed by atoms with Gasteiger partial charge in [0.2, 0.25) is 0 Å². The first-order chi connectivity index (χ1) is 7.58. The average Bonchev–Trinajstić information content (AvgIpc) is 2.50. The van der Waals surface area contributed by atoms with Gasteiger partial charge in [0.15, 0.2) is 0 Å². The van der Waals surface area contributed by atoms with E-state index in [1.165, 1.54) is 5.56 Å². The van der Waals surface area contributed by atoms with Gasteiger partial charge < -0.3 is 5.73 Å². The first-order valence-electron chi connectivity index (χ1n) is 5.12. The van der Waals surface area contributed by atoms with Gasteiger partial charge in [-0.05, 0) is 47.5 Å². The molecule has 0 amide bonds. The first-order valence-corrected chi connectivity index (χ1v) is 5.91. The van der Waals surface area contributed by atoms with Gasteiger partial charge in [-0.1, -0.05) is 12.1 Å². The largest absolute Gasteiger partial charge is 0.399 e. The lowest BCUT2D eigenvalue weighted by Crippen LogP contribution is -2.04. The molecule has 0 aliphatic carbocycles. The molecule has 0 fully saturated rings. The number of nitrogens with zero attached hydrogens (tertiary/aromatic N) is 2. The number of nitrogen functional groups attached to an aromatic ring is 1. The lowest BCUT2D eigenvalue weighted by molar-refractivity contribution is 0.659. The van der Waals surface area contributed by atoms with E-state index in [9.17, 15) is 0 Å². The number of aryl methyl sites for hydroxylation is 1. The third-order valence-corrected chi connectivity index (χ3v) is 3.75. The molecule has 1 heterocycles. The summed E-state index contributed by atoms with van der Waals surface area (Å²) in [4.78, 5) is 0. The number of anilines is 1. The van der Waals surface area contributed by atoms with E-state index in [1.807, 2.05) is 35.9 Å². The van der Waals surface area contributed by atoms with Gasteiger partial charge in [-0.15, -0.1) is 0 Å². The Morgan fingerprint density at radius 2 is 1.88 bits per heavy atom. The van der Waals surface area contributed by atoms with Crippen molar-refractivity contribution >= 4 is 21.6 Å². The molecule has 2 rings (SSSR count). The molecule has 2 aromatic rings. The molecule has 0 aliphatic heterocycles. The molecule has 0 spiro atoms. The normalized spacial score (nSPS) is 10.7. The van der Waals surface area contributed by atoms with Gasteiger partial charge in [-0.2, -0.15) is 5.10 Å². The van der Waals surface area contributed by atoms with Crippen LogP contribution in [0, 0.1) is 13.8 Å². The Hall–Kier alpha value is -1.29. The van der Waals surface area contributed by atoms with E-state index in [-0.39, 0.29) is 0 Å². The minimum absolute atomic E-state index is 0.776. The van der Waals surface area contributed by atoms with Gasteiger partial charge in [0, 0.05) is 5.69 Å². The Kier molecular flexibility index (Phi) is 3.01. The van der Waals surface area contributed by atoms with Gasteiger partial charge in [0.1, 0.15) is 0 Å². The van der Waals surface area contributed by atoms with Gasteiger partial charge in [-0.25, -0.2) is 0 Å². The summed E-state index contributed by atoms with van der Waals surface area (Å²) in [5.74, 6) is 0. The van der Waals surface area contributed by atoms with Crippen LogP contribution < -0.4 is 5.73 Å². The molecular weight excluding hydrogens is 266 g/mol. The minimum Gasteiger partial charge on any atom is -0.399 e. The summed E-state index contributed by atoms with van der Waals surface area (Å²) in [5.41, 5.74) is 9.81. The van der Waals surface area contributed by atoms with Gasteiger partial charge in [0.05, 0.1) is 22.4 Å². The maximum Gasteiger partial charge on any atom is 0.0738 e. The van der Waals surface area contributed by atoms with Crippen molar-refractivity contribution in [3.63, 3.8) is 0 Å². The van der Waals surface area contributed by atoms with Crippen molar-refractivity contribution in [3.8, 4) is 0 Å². The lowest BCUT2D eigenvalue weighted by Gasteiger charge is -2.04. The highest BCUT2D eigenvalue weighted by molar-refractivity contribution is 9.10. The monoisotopic (exact) mass is 279 g/mol. The summed E-state index contributed by atoms with van der Waals surface area (Å²) in [6, 6.07) is 7.88. The van der Waals surface area contributed by atoms with E-state index < -0.39 is 0 Å². The summed E-state index contributed by atoms with van der Waals surface area (Å²) < 4.78 is 3.08. The topological polar surface area (TPSA) is 43.8 Å². The predicted molar refractivity (Wildman–Crippen MR) is 69.4 cm³/mol. The fourth-order valence-corrected chi connectivity index (χ4v) is 1.91. The minimum atomic E-state index is 0.776. The van der Waals surface area contributed by atoms with Crippen LogP contribution in [0.3, 0.4) is 0 Å². The third kappa shape index (κ3) is 2.11. The third-order valence-electron chi connectivity index (χ3n) is 2.61. The van der Waals surface area contributed by atoms with E-state index in [0.29, 0.717) is 0 Å². The van der Waals surface area contributed by atoms with Crippen molar-refractivity contribution < 1.29 is 0 Å². The van der Waals surface area contributed by atoms with Crippen molar-refractivity contribution in [2.75, 3.05) is 5.73 Å². The maximum absolute atomic E-state index is 5.65. The molecule has 1 aromatic carbocycles. The summed E-state index contributed by atoms with van der Waals surface area (Å²) >= 11 is 3.52. The zero-order valence-electron chi connectivity index (χ0n) is 9.37. The molecule has 0 radical (unpaired) electrons. The molecule has 4 heteroatoms. The smallest absolute Gasteiger partial charge is 0.0738 e. The Bertz CT molecular complexity index is 500. The van der Waals surface area contributed by atoms with Crippen LogP contribution in [0.2, 0.25) is 0 Å². The van der Waals surface area contributed by atoms with Crippen molar-refractivity contribution in [3.05, 3.63) is 45.7 Å². The summed E-state index contributed by atoms with van der Waals surface area (Å²) in [5, 5.41) is 4.47. The molecule has 3 nitrogen and oxygen atoms in total. The van der Waals surface area contributed by atoms with Crippen molar-refractivity contribution in [1.82, 2.24) is 9.78 Å². The van der Waals surface area contributed by atoms with Gasteiger partial charge in [-0.3, -0.25) is 4.68 Å². The van der Waals surface area contributed by atoms with Crippen LogP contribution in [0.5, 0.6) is 0 Å². The number of aromatic nitrogens is 2. The molecule has 0 bridgehead atoms. The fourth-order valence-electron chi connectivity index (χ4n) is 1.62. The van der Waals surface area contributed by atoms with Crippen LogP contribution in [0.25, 0.3) is 0 Å². The van der Waals surface area contributed by atoms with Crippen molar-refractivity contribution in [1.29, 1.82) is 0 Å². The van der Waals surface area contributed by atoms with Crippen molar-refractivity contribution in [2.45, 2.75) is 20.4 Å². The quantitative estimate of drug-likeness (QED) is 0.860. The van der Waals surface area contributed by atoms with Crippen LogP contribution in [0.15, 0.2) is 28.7 Å². The molecular formula is C12H14BrN3. The van der Waals surface area contributed by atoms with Crippen LogP contribution in [-0.4, -0.2) is 9.78 Å². The van der Waals surface area contributed by atoms with Gasteiger partial charge >= 0.3 is 0 Å². The highest BCUT2D eigenvalue weighted by Crippen LogP contribution is 2.20. The fraction of sp³-hybridized carbons (Fsp3) is 0.250. The van der Waals surface area contributed by atoms with E-state index in [0.717, 1.165) is 28.1 Å². The number of hydrogen-bond acceptors (Lipinski definition) is 2. The highest BCUT2D eigenvalue weighted by Gasteiger charge is 2.08. The van der Waals surface area contributed by atoms with Crippen LogP contribution in [0.1, 0.15) is 17.0 Å². The summed E-state index contributed by atoms with van der Waals surface area (Å²) in [6.45, 7) is 4.83. The molecule has 0 aliphatic rings. The maximum atomic E-state index is 5.65. The molecule has 1 aromatic heterocycles. The second-order valence-electron chi connectivity index (χ2n) is 3.88. The van der Waals surface area contributed by atoms with Crippen molar-refractivity contribution in [2.24, 2.45) is 0 Å². The van der Waals surface area contributed by atoms with Crippen LogP contribution in [0.4, 0.5) is 5.69 Å². The molecule has 0 atom stereocenters. The number of hydrogen-bond donors (Lipinski definition) is 1. The molecule has 2 N–H and O–H groups in total. The lowest BCUT2D eigenvalue weighted by atomic mass is 10.2. The zero-order chi connectivity index (χ0) is 11.7. The predicted octanol–water partition coefficient (Wildman–Crippen LogP) is 2.89. The van der Waals surface area contributed by atoms with E-state index in [2.05, 4.69) is 28.0 Å².